The number of nitrogens with two attached hydrogens (primary N) is 1. The van der Waals surface area contributed by atoms with Crippen molar-refractivity contribution in [3.8, 4) is 5.75 Å². The van der Waals surface area contributed by atoms with E-state index in [0.717, 1.165) is 31.9 Å². The summed E-state index contributed by atoms with van der Waals surface area (Å²) >= 11 is 0. The third-order valence-corrected chi connectivity index (χ3v) is 4.60. The minimum Gasteiger partial charge on any atom is -0.497 e. The second-order valence-corrected chi connectivity index (χ2v) is 5.90. The van der Waals surface area contributed by atoms with E-state index >= 15 is 0 Å². The van der Waals surface area contributed by atoms with Gasteiger partial charge in [-0.2, -0.15) is 0 Å². The summed E-state index contributed by atoms with van der Waals surface area (Å²) in [6.45, 7) is 8.97. The summed E-state index contributed by atoms with van der Waals surface area (Å²) in [5, 5.41) is 0. The number of nitrogens with zero attached hydrogens (tertiary/aromatic N) is 3. The first-order valence-electron chi connectivity index (χ1n) is 8.62. The Balaban J connectivity index is 2.15. The summed E-state index contributed by atoms with van der Waals surface area (Å²) in [4.78, 5) is 9.28. The fraction of sp³-hybridized carbons (Fsp3) is 0.611. The van der Waals surface area contributed by atoms with E-state index in [-0.39, 0.29) is 6.04 Å². The lowest BCUT2D eigenvalue weighted by molar-refractivity contribution is 0.251. The molecule has 128 valence electrons. The lowest BCUT2D eigenvalue weighted by Crippen LogP contribution is -2.38. The summed E-state index contributed by atoms with van der Waals surface area (Å²) in [6.07, 6.45) is 2.53. The van der Waals surface area contributed by atoms with Crippen LogP contribution in [0.15, 0.2) is 29.3 Å². The van der Waals surface area contributed by atoms with Crippen molar-refractivity contribution in [1.82, 2.24) is 9.80 Å². The van der Waals surface area contributed by atoms with E-state index in [9.17, 15) is 0 Å². The molecule has 0 bridgehead atoms. The fourth-order valence-electron chi connectivity index (χ4n) is 3.14. The van der Waals surface area contributed by atoms with Gasteiger partial charge in [-0.05, 0) is 57.5 Å². The number of ether oxygens (including phenoxy) is 1. The molecule has 0 aliphatic carbocycles. The van der Waals surface area contributed by atoms with Crippen LogP contribution in [0.4, 0.5) is 0 Å². The van der Waals surface area contributed by atoms with Crippen LogP contribution in [0.2, 0.25) is 0 Å². The zero-order valence-electron chi connectivity index (χ0n) is 14.7. The molecule has 5 nitrogen and oxygen atoms in total. The predicted octanol–water partition coefficient (Wildman–Crippen LogP) is 2.49. The molecular weight excluding hydrogens is 288 g/mol. The minimum absolute atomic E-state index is 0.289. The van der Waals surface area contributed by atoms with E-state index in [1.165, 1.54) is 18.4 Å². The molecular formula is C18H30N4O. The highest BCUT2D eigenvalue weighted by Gasteiger charge is 2.23. The van der Waals surface area contributed by atoms with Gasteiger partial charge in [-0.15, -0.1) is 0 Å². The van der Waals surface area contributed by atoms with Crippen LogP contribution in [-0.4, -0.2) is 55.6 Å². The summed E-state index contributed by atoms with van der Waals surface area (Å²) in [7, 11) is 1.70. The number of aliphatic imine (C=N–C) groups is 1. The zero-order valence-corrected chi connectivity index (χ0v) is 14.7. The second kappa shape index (κ2) is 8.77. The molecule has 0 radical (unpaired) electrons. The molecule has 0 saturated carbocycles. The standard InChI is InChI=1S/C18H30N4O/c1-4-21(5-2)18(19)20-14-17(22-12-6-7-13-22)15-8-10-16(23-3)11-9-15/h8-11,17H,4-7,12-14H2,1-3H3,(H2,19,20). The largest absolute Gasteiger partial charge is 0.497 e. The van der Waals surface area contributed by atoms with Gasteiger partial charge in [0.05, 0.1) is 19.7 Å². The zero-order chi connectivity index (χ0) is 16.7. The average molecular weight is 318 g/mol. The third-order valence-electron chi connectivity index (χ3n) is 4.60. The van der Waals surface area contributed by atoms with Crippen molar-refractivity contribution < 1.29 is 4.74 Å². The van der Waals surface area contributed by atoms with Gasteiger partial charge < -0.3 is 15.4 Å². The topological polar surface area (TPSA) is 54.1 Å². The number of hydrogen-bond donors (Lipinski definition) is 1. The molecule has 1 fully saturated rings. The molecule has 1 aliphatic heterocycles. The Morgan fingerprint density at radius 2 is 1.83 bits per heavy atom. The molecule has 1 atom stereocenters. The van der Waals surface area contributed by atoms with Gasteiger partial charge in [0.15, 0.2) is 5.96 Å². The number of likely N-dealkylation sites (tertiary alicyclic amines) is 1. The average Bonchev–Trinajstić information content (AvgIpc) is 3.11. The lowest BCUT2D eigenvalue weighted by atomic mass is 10.1. The van der Waals surface area contributed by atoms with Gasteiger partial charge in [-0.1, -0.05) is 12.1 Å². The van der Waals surface area contributed by atoms with E-state index in [1.54, 1.807) is 7.11 Å². The Bertz CT molecular complexity index is 490. The maximum atomic E-state index is 6.15. The first kappa shape index (κ1) is 17.6. The first-order chi connectivity index (χ1) is 11.2. The van der Waals surface area contributed by atoms with Gasteiger partial charge in [-0.3, -0.25) is 9.89 Å². The molecule has 1 heterocycles. The van der Waals surface area contributed by atoms with Crippen LogP contribution in [0.3, 0.4) is 0 Å². The van der Waals surface area contributed by atoms with Crippen LogP contribution in [0.1, 0.15) is 38.3 Å². The Kier molecular flexibility index (Phi) is 6.71. The van der Waals surface area contributed by atoms with Crippen LogP contribution in [-0.2, 0) is 0 Å². The molecule has 2 N–H and O–H groups in total. The smallest absolute Gasteiger partial charge is 0.191 e. The number of methoxy groups -OCH3 is 1. The Hall–Kier alpha value is -1.75. The highest BCUT2D eigenvalue weighted by Crippen LogP contribution is 2.27. The molecule has 2 rings (SSSR count). The molecule has 0 spiro atoms. The van der Waals surface area contributed by atoms with Crippen LogP contribution in [0.25, 0.3) is 0 Å². The van der Waals surface area contributed by atoms with E-state index in [4.69, 9.17) is 10.5 Å². The number of guanidine groups is 1. The molecule has 1 aromatic carbocycles. The quantitative estimate of drug-likeness (QED) is 0.620. The van der Waals surface area contributed by atoms with Crippen molar-refractivity contribution in [3.05, 3.63) is 29.8 Å². The van der Waals surface area contributed by atoms with Crippen LogP contribution >= 0.6 is 0 Å². The molecule has 5 heteroatoms. The second-order valence-electron chi connectivity index (χ2n) is 5.90. The van der Waals surface area contributed by atoms with Crippen molar-refractivity contribution in [2.45, 2.75) is 32.7 Å². The molecule has 0 aromatic heterocycles. The third kappa shape index (κ3) is 4.61. The molecule has 1 aliphatic rings. The minimum atomic E-state index is 0.289. The SMILES string of the molecule is CCN(CC)C(N)=NCC(c1ccc(OC)cc1)N1CCCC1. The predicted molar refractivity (Wildman–Crippen MR) is 96.0 cm³/mol. The van der Waals surface area contributed by atoms with Gasteiger partial charge in [0, 0.05) is 13.1 Å². The van der Waals surface area contributed by atoms with Crippen LogP contribution in [0.5, 0.6) is 5.75 Å². The van der Waals surface area contributed by atoms with E-state index < -0.39 is 0 Å². The Morgan fingerprint density at radius 1 is 1.22 bits per heavy atom. The van der Waals surface area contributed by atoms with Gasteiger partial charge >= 0.3 is 0 Å². The maximum Gasteiger partial charge on any atom is 0.191 e. The van der Waals surface area contributed by atoms with E-state index in [2.05, 4.69) is 40.8 Å². The van der Waals surface area contributed by atoms with E-state index in [0.29, 0.717) is 12.5 Å². The number of rotatable bonds is 7. The van der Waals surface area contributed by atoms with Crippen molar-refractivity contribution in [2.24, 2.45) is 10.7 Å². The van der Waals surface area contributed by atoms with Gasteiger partial charge in [0.1, 0.15) is 5.75 Å². The van der Waals surface area contributed by atoms with Crippen molar-refractivity contribution in [2.75, 3.05) is 39.8 Å². The Morgan fingerprint density at radius 3 is 2.35 bits per heavy atom. The molecule has 1 saturated heterocycles. The first-order valence-corrected chi connectivity index (χ1v) is 8.62. The summed E-state index contributed by atoms with van der Waals surface area (Å²) in [5.74, 6) is 1.53. The fourth-order valence-corrected chi connectivity index (χ4v) is 3.14. The van der Waals surface area contributed by atoms with Crippen molar-refractivity contribution in [1.29, 1.82) is 0 Å². The van der Waals surface area contributed by atoms with E-state index in [1.807, 2.05) is 12.1 Å². The number of hydrogen-bond acceptors (Lipinski definition) is 3. The van der Waals surface area contributed by atoms with Crippen LogP contribution < -0.4 is 10.5 Å². The molecule has 1 aromatic rings. The van der Waals surface area contributed by atoms with Gasteiger partial charge in [-0.25, -0.2) is 0 Å². The van der Waals surface area contributed by atoms with Crippen molar-refractivity contribution >= 4 is 5.96 Å². The van der Waals surface area contributed by atoms with Gasteiger partial charge in [0.2, 0.25) is 0 Å². The lowest BCUT2D eigenvalue weighted by Gasteiger charge is -2.27. The molecule has 23 heavy (non-hydrogen) atoms. The highest BCUT2D eigenvalue weighted by molar-refractivity contribution is 5.78. The monoisotopic (exact) mass is 318 g/mol. The summed E-state index contributed by atoms with van der Waals surface area (Å²) in [5.41, 5.74) is 7.43. The molecule has 1 unspecified atom stereocenters. The summed E-state index contributed by atoms with van der Waals surface area (Å²) < 4.78 is 5.27. The highest BCUT2D eigenvalue weighted by atomic mass is 16.5. The van der Waals surface area contributed by atoms with Gasteiger partial charge in [0.25, 0.3) is 0 Å². The van der Waals surface area contributed by atoms with Crippen molar-refractivity contribution in [3.63, 3.8) is 0 Å². The maximum absolute atomic E-state index is 6.15. The summed E-state index contributed by atoms with van der Waals surface area (Å²) in [6, 6.07) is 8.62. The number of benzene rings is 1. The molecule has 0 amide bonds. The Labute approximate surface area is 140 Å². The van der Waals surface area contributed by atoms with Crippen LogP contribution in [0, 0.1) is 0 Å². The normalized spacial score (nSPS) is 17.3.